The van der Waals surface area contributed by atoms with Crippen LogP contribution in [-0.2, 0) is 14.6 Å². The Morgan fingerprint density at radius 1 is 1.35 bits per heavy atom. The van der Waals surface area contributed by atoms with Crippen LogP contribution in [0.4, 0.5) is 5.69 Å². The van der Waals surface area contributed by atoms with E-state index in [1.54, 1.807) is 12.1 Å². The molecule has 0 aromatic heterocycles. The van der Waals surface area contributed by atoms with Crippen LogP contribution in [0.1, 0.15) is 26.2 Å². The molecule has 110 valence electrons. The van der Waals surface area contributed by atoms with E-state index < -0.39 is 9.84 Å². The van der Waals surface area contributed by atoms with Gasteiger partial charge in [-0.25, -0.2) is 8.42 Å². The van der Waals surface area contributed by atoms with Crippen LogP contribution in [0.3, 0.4) is 0 Å². The number of sulfone groups is 1. The van der Waals surface area contributed by atoms with E-state index in [0.717, 1.165) is 31.4 Å². The van der Waals surface area contributed by atoms with Crippen molar-refractivity contribution >= 4 is 21.8 Å². The molecule has 0 amide bonds. The van der Waals surface area contributed by atoms with Gasteiger partial charge in [-0.1, -0.05) is 19.1 Å². The van der Waals surface area contributed by atoms with Gasteiger partial charge in [0, 0.05) is 19.0 Å². The second-order valence-corrected chi connectivity index (χ2v) is 7.35. The lowest BCUT2D eigenvalue weighted by atomic mass is 9.99. The van der Waals surface area contributed by atoms with E-state index in [1.807, 2.05) is 24.0 Å². The van der Waals surface area contributed by atoms with Crippen LogP contribution in [0.5, 0.6) is 0 Å². The molecule has 1 fully saturated rings. The van der Waals surface area contributed by atoms with Gasteiger partial charge in [-0.2, -0.15) is 0 Å². The Morgan fingerprint density at radius 3 is 2.80 bits per heavy atom. The van der Waals surface area contributed by atoms with Crippen LogP contribution in [0.15, 0.2) is 29.2 Å². The lowest BCUT2D eigenvalue weighted by molar-refractivity contribution is -0.111. The molecule has 1 aromatic rings. The summed E-state index contributed by atoms with van der Waals surface area (Å²) >= 11 is 0. The van der Waals surface area contributed by atoms with Crippen molar-refractivity contribution in [3.05, 3.63) is 24.3 Å². The van der Waals surface area contributed by atoms with Crippen LogP contribution < -0.4 is 4.90 Å². The Labute approximate surface area is 120 Å². The molecule has 1 atom stereocenters. The molecular weight excluding hydrogens is 274 g/mol. The van der Waals surface area contributed by atoms with E-state index in [-0.39, 0.29) is 11.7 Å². The second-order valence-electron chi connectivity index (χ2n) is 5.27. The third kappa shape index (κ3) is 3.20. The van der Waals surface area contributed by atoms with Crippen molar-refractivity contribution in [1.29, 1.82) is 0 Å². The maximum Gasteiger partial charge on any atom is 0.180 e. The third-order valence-corrected chi connectivity index (χ3v) is 5.63. The second kappa shape index (κ2) is 6.39. The number of carbonyl (C=O) groups excluding carboxylic acids is 1. The molecular formula is C15H21NO3S. The predicted octanol–water partition coefficient (Wildman–Crippen LogP) is 2.29. The minimum atomic E-state index is -3.24. The van der Waals surface area contributed by atoms with Crippen molar-refractivity contribution in [3.63, 3.8) is 0 Å². The number of para-hydroxylation sites is 1. The molecule has 0 radical (unpaired) electrons. The average Bonchev–Trinajstić information content (AvgIpc) is 2.47. The van der Waals surface area contributed by atoms with Gasteiger partial charge in [-0.15, -0.1) is 0 Å². The van der Waals surface area contributed by atoms with Crippen LogP contribution >= 0.6 is 0 Å². The fourth-order valence-electron chi connectivity index (χ4n) is 2.70. The standard InChI is InChI=1S/C15H21NO3S/c1-2-10-20(18,19)15-8-4-3-7-14(15)16-9-5-6-13(11-16)12-17/h3-4,7-8,12-13H,2,5-6,9-11H2,1H3. The Hall–Kier alpha value is -1.36. The molecule has 0 bridgehead atoms. The fraction of sp³-hybridized carbons (Fsp3) is 0.533. The monoisotopic (exact) mass is 295 g/mol. The number of hydrogen-bond donors (Lipinski definition) is 0. The molecule has 1 heterocycles. The Kier molecular flexibility index (Phi) is 4.81. The number of benzene rings is 1. The van der Waals surface area contributed by atoms with E-state index in [9.17, 15) is 13.2 Å². The van der Waals surface area contributed by atoms with Gasteiger partial charge in [0.1, 0.15) is 6.29 Å². The summed E-state index contributed by atoms with van der Waals surface area (Å²) in [5.74, 6) is 0.167. The SMILES string of the molecule is CCCS(=O)(=O)c1ccccc1N1CCCC(C=O)C1. The predicted molar refractivity (Wildman–Crippen MR) is 79.8 cm³/mol. The van der Waals surface area contributed by atoms with Crippen molar-refractivity contribution in [1.82, 2.24) is 0 Å². The van der Waals surface area contributed by atoms with Gasteiger partial charge in [0.25, 0.3) is 0 Å². The molecule has 0 aliphatic carbocycles. The van der Waals surface area contributed by atoms with Crippen LogP contribution in [0.25, 0.3) is 0 Å². The molecule has 0 saturated carbocycles. The van der Waals surface area contributed by atoms with E-state index in [4.69, 9.17) is 0 Å². The first kappa shape index (κ1) is 15.0. The third-order valence-electron chi connectivity index (χ3n) is 3.66. The van der Waals surface area contributed by atoms with Crippen molar-refractivity contribution in [2.45, 2.75) is 31.1 Å². The van der Waals surface area contributed by atoms with Gasteiger partial charge in [0.05, 0.1) is 16.3 Å². The lowest BCUT2D eigenvalue weighted by Crippen LogP contribution is -2.36. The number of hydrogen-bond acceptors (Lipinski definition) is 4. The molecule has 0 N–H and O–H groups in total. The largest absolute Gasteiger partial charge is 0.370 e. The summed E-state index contributed by atoms with van der Waals surface area (Å²) in [5, 5.41) is 0. The first-order valence-electron chi connectivity index (χ1n) is 7.10. The van der Waals surface area contributed by atoms with Gasteiger partial charge < -0.3 is 9.69 Å². The summed E-state index contributed by atoms with van der Waals surface area (Å²) in [7, 11) is -3.24. The maximum atomic E-state index is 12.4. The average molecular weight is 295 g/mol. The van der Waals surface area contributed by atoms with Gasteiger partial charge in [-0.05, 0) is 31.4 Å². The Balaban J connectivity index is 2.35. The molecule has 1 aliphatic heterocycles. The topological polar surface area (TPSA) is 54.5 Å². The zero-order valence-electron chi connectivity index (χ0n) is 11.8. The van der Waals surface area contributed by atoms with Crippen LogP contribution in [0, 0.1) is 5.92 Å². The number of piperidine rings is 1. The minimum Gasteiger partial charge on any atom is -0.370 e. The van der Waals surface area contributed by atoms with Crippen molar-refractivity contribution in [3.8, 4) is 0 Å². The number of carbonyl (C=O) groups is 1. The quantitative estimate of drug-likeness (QED) is 0.782. The van der Waals surface area contributed by atoms with Gasteiger partial charge in [-0.3, -0.25) is 0 Å². The van der Waals surface area contributed by atoms with Crippen molar-refractivity contribution in [2.75, 3.05) is 23.7 Å². The smallest absolute Gasteiger partial charge is 0.180 e. The summed E-state index contributed by atoms with van der Waals surface area (Å²) < 4.78 is 24.7. The highest BCUT2D eigenvalue weighted by atomic mass is 32.2. The Bertz CT molecular complexity index is 568. The fourth-order valence-corrected chi connectivity index (χ4v) is 4.26. The highest BCUT2D eigenvalue weighted by Gasteiger charge is 2.25. The van der Waals surface area contributed by atoms with Crippen molar-refractivity contribution < 1.29 is 13.2 Å². The maximum absolute atomic E-state index is 12.4. The number of aldehydes is 1. The zero-order valence-corrected chi connectivity index (χ0v) is 12.6. The summed E-state index contributed by atoms with van der Waals surface area (Å²) in [4.78, 5) is 13.4. The molecule has 1 aromatic carbocycles. The zero-order chi connectivity index (χ0) is 14.6. The molecule has 1 unspecified atom stereocenters. The minimum absolute atomic E-state index is 0.00526. The van der Waals surface area contributed by atoms with E-state index in [2.05, 4.69) is 0 Å². The summed E-state index contributed by atoms with van der Waals surface area (Å²) in [6.45, 7) is 3.29. The normalized spacial score (nSPS) is 19.9. The first-order chi connectivity index (χ1) is 9.58. The van der Waals surface area contributed by atoms with Crippen molar-refractivity contribution in [2.24, 2.45) is 5.92 Å². The van der Waals surface area contributed by atoms with Crippen LogP contribution in [0.2, 0.25) is 0 Å². The summed E-state index contributed by atoms with van der Waals surface area (Å²) in [6, 6.07) is 7.12. The molecule has 1 aliphatic rings. The van der Waals surface area contributed by atoms with E-state index in [0.29, 0.717) is 17.9 Å². The molecule has 4 nitrogen and oxygen atoms in total. The highest BCUT2D eigenvalue weighted by molar-refractivity contribution is 7.91. The van der Waals surface area contributed by atoms with Gasteiger partial charge in [0.2, 0.25) is 0 Å². The Morgan fingerprint density at radius 2 is 2.10 bits per heavy atom. The molecule has 0 spiro atoms. The lowest BCUT2D eigenvalue weighted by Gasteiger charge is -2.33. The van der Waals surface area contributed by atoms with Gasteiger partial charge in [0.15, 0.2) is 9.84 Å². The highest BCUT2D eigenvalue weighted by Crippen LogP contribution is 2.29. The van der Waals surface area contributed by atoms with E-state index in [1.165, 1.54) is 0 Å². The number of nitrogens with zero attached hydrogens (tertiary/aromatic N) is 1. The molecule has 2 rings (SSSR count). The summed E-state index contributed by atoms with van der Waals surface area (Å²) in [5.41, 5.74) is 0.743. The molecule has 5 heteroatoms. The molecule has 1 saturated heterocycles. The number of rotatable bonds is 5. The van der Waals surface area contributed by atoms with E-state index >= 15 is 0 Å². The molecule has 20 heavy (non-hydrogen) atoms. The first-order valence-corrected chi connectivity index (χ1v) is 8.75. The van der Waals surface area contributed by atoms with Crippen LogP contribution in [-0.4, -0.2) is 33.5 Å². The van der Waals surface area contributed by atoms with Gasteiger partial charge >= 0.3 is 0 Å². The summed E-state index contributed by atoms with van der Waals surface area (Å²) in [6.07, 6.45) is 3.40. The number of anilines is 1.